The van der Waals surface area contributed by atoms with E-state index >= 15 is 0 Å². The van der Waals surface area contributed by atoms with E-state index in [2.05, 4.69) is 25.3 Å². The lowest BCUT2D eigenvalue weighted by Gasteiger charge is -2.12. The lowest BCUT2D eigenvalue weighted by atomic mass is 10.1. The number of aromatic nitrogens is 4. The molecule has 27 heavy (non-hydrogen) atoms. The van der Waals surface area contributed by atoms with Gasteiger partial charge in [0.15, 0.2) is 0 Å². The molecule has 0 saturated heterocycles. The fourth-order valence-corrected chi connectivity index (χ4v) is 2.75. The van der Waals surface area contributed by atoms with Crippen LogP contribution >= 0.6 is 0 Å². The van der Waals surface area contributed by atoms with Crippen molar-refractivity contribution in [1.29, 1.82) is 0 Å². The molecule has 0 saturated carbocycles. The smallest absolute Gasteiger partial charge is 0.259 e. The number of rotatable bonds is 3. The zero-order valence-corrected chi connectivity index (χ0v) is 14.4. The third kappa shape index (κ3) is 3.15. The van der Waals surface area contributed by atoms with Crippen LogP contribution in [-0.2, 0) is 0 Å². The van der Waals surface area contributed by atoms with Gasteiger partial charge in [-0.2, -0.15) is 0 Å². The highest BCUT2D eigenvalue weighted by atomic mass is 16.3. The van der Waals surface area contributed by atoms with Crippen molar-refractivity contribution in [2.75, 3.05) is 11.1 Å². The molecule has 0 unspecified atom stereocenters. The standard InChI is InChI=1S/C19H16N6O2/c1-10-2-3-13(7-15(10)26)24-17-16-11(4-5-21-18(16)27)6-14(25-17)12-8-22-19(20)23-9-12/h2-9,26H,1H3,(H,21,27)(H,24,25)(H2,20,22,23). The van der Waals surface area contributed by atoms with Gasteiger partial charge in [-0.1, -0.05) is 6.07 Å². The molecule has 1 aromatic carbocycles. The molecule has 0 aliphatic carbocycles. The highest BCUT2D eigenvalue weighted by Crippen LogP contribution is 2.29. The number of aryl methyl sites for hydroxylation is 1. The second-order valence-electron chi connectivity index (χ2n) is 6.08. The predicted octanol–water partition coefficient (Wildman–Crippen LogP) is 2.72. The van der Waals surface area contributed by atoms with Crippen molar-refractivity contribution in [2.24, 2.45) is 0 Å². The second kappa shape index (κ2) is 6.41. The molecule has 5 N–H and O–H groups in total. The number of fused-ring (bicyclic) bond motifs is 1. The maximum atomic E-state index is 12.4. The zero-order chi connectivity index (χ0) is 19.0. The maximum absolute atomic E-state index is 12.4. The Bertz CT molecular complexity index is 1200. The van der Waals surface area contributed by atoms with Crippen LogP contribution in [0.2, 0.25) is 0 Å². The summed E-state index contributed by atoms with van der Waals surface area (Å²) in [5.74, 6) is 0.690. The first-order chi connectivity index (χ1) is 13.0. The van der Waals surface area contributed by atoms with E-state index in [1.165, 1.54) is 0 Å². The Hall–Kier alpha value is -3.94. The first kappa shape index (κ1) is 16.5. The number of phenols is 1. The van der Waals surface area contributed by atoms with Gasteiger partial charge in [0.1, 0.15) is 11.6 Å². The van der Waals surface area contributed by atoms with Gasteiger partial charge < -0.3 is 21.1 Å². The van der Waals surface area contributed by atoms with Gasteiger partial charge in [0.2, 0.25) is 5.95 Å². The third-order valence-electron chi connectivity index (χ3n) is 4.19. The molecule has 4 aromatic rings. The number of H-pyrrole nitrogens is 1. The number of nitrogens with zero attached hydrogens (tertiary/aromatic N) is 3. The van der Waals surface area contributed by atoms with Gasteiger partial charge in [0, 0.05) is 35.9 Å². The molecule has 0 bridgehead atoms. The molecular formula is C19H16N6O2. The fraction of sp³-hybridized carbons (Fsp3) is 0.0526. The number of nitrogens with one attached hydrogen (secondary N) is 2. The average molecular weight is 360 g/mol. The number of hydrogen-bond donors (Lipinski definition) is 4. The lowest BCUT2D eigenvalue weighted by molar-refractivity contribution is 0.471. The number of benzene rings is 1. The van der Waals surface area contributed by atoms with Crippen molar-refractivity contribution in [3.8, 4) is 17.0 Å². The summed E-state index contributed by atoms with van der Waals surface area (Å²) in [6.07, 6.45) is 4.73. The van der Waals surface area contributed by atoms with Crippen LogP contribution in [0.25, 0.3) is 22.0 Å². The molecule has 0 spiro atoms. The van der Waals surface area contributed by atoms with Gasteiger partial charge in [0.25, 0.3) is 5.56 Å². The summed E-state index contributed by atoms with van der Waals surface area (Å²) in [7, 11) is 0. The molecule has 0 fully saturated rings. The van der Waals surface area contributed by atoms with Crippen molar-refractivity contribution in [1.82, 2.24) is 19.9 Å². The van der Waals surface area contributed by atoms with Gasteiger partial charge in [-0.05, 0) is 36.1 Å². The minimum atomic E-state index is -0.265. The highest BCUT2D eigenvalue weighted by Gasteiger charge is 2.12. The number of hydrogen-bond acceptors (Lipinski definition) is 7. The minimum Gasteiger partial charge on any atom is -0.508 e. The van der Waals surface area contributed by atoms with Gasteiger partial charge in [0.05, 0.1) is 11.1 Å². The van der Waals surface area contributed by atoms with Crippen molar-refractivity contribution >= 4 is 28.2 Å². The van der Waals surface area contributed by atoms with E-state index in [0.717, 1.165) is 5.56 Å². The molecule has 0 amide bonds. The molecule has 134 valence electrons. The Morgan fingerprint density at radius 3 is 2.67 bits per heavy atom. The van der Waals surface area contributed by atoms with Crippen LogP contribution in [-0.4, -0.2) is 25.0 Å². The number of phenolic OH excluding ortho intramolecular Hbond substituents is 1. The predicted molar refractivity (Wildman–Crippen MR) is 104 cm³/mol. The summed E-state index contributed by atoms with van der Waals surface area (Å²) in [6.45, 7) is 1.80. The summed E-state index contributed by atoms with van der Waals surface area (Å²) in [6, 6.07) is 8.74. The van der Waals surface area contributed by atoms with E-state index < -0.39 is 0 Å². The Balaban J connectivity index is 1.89. The normalized spacial score (nSPS) is 10.9. The highest BCUT2D eigenvalue weighted by molar-refractivity contribution is 5.95. The molecule has 0 radical (unpaired) electrons. The Morgan fingerprint density at radius 1 is 1.15 bits per heavy atom. The Morgan fingerprint density at radius 2 is 1.93 bits per heavy atom. The summed E-state index contributed by atoms with van der Waals surface area (Å²) in [5.41, 5.74) is 7.91. The average Bonchev–Trinajstić information content (AvgIpc) is 2.65. The van der Waals surface area contributed by atoms with E-state index in [1.54, 1.807) is 55.8 Å². The van der Waals surface area contributed by atoms with Crippen LogP contribution in [0.3, 0.4) is 0 Å². The lowest BCUT2D eigenvalue weighted by Crippen LogP contribution is -2.09. The minimum absolute atomic E-state index is 0.154. The summed E-state index contributed by atoms with van der Waals surface area (Å²) in [5, 5.41) is 14.2. The fourth-order valence-electron chi connectivity index (χ4n) is 2.75. The Labute approximate surface area is 153 Å². The molecule has 3 heterocycles. The van der Waals surface area contributed by atoms with Crippen LogP contribution in [0.1, 0.15) is 5.56 Å². The van der Waals surface area contributed by atoms with Crippen LogP contribution in [0.4, 0.5) is 17.5 Å². The SMILES string of the molecule is Cc1ccc(Nc2nc(-c3cnc(N)nc3)cc3cc[nH]c(=O)c23)cc1O. The Kier molecular flexibility index (Phi) is 3.92. The van der Waals surface area contributed by atoms with Crippen LogP contribution in [0.5, 0.6) is 5.75 Å². The van der Waals surface area contributed by atoms with E-state index in [1.807, 2.05) is 0 Å². The van der Waals surface area contributed by atoms with E-state index in [-0.39, 0.29) is 17.3 Å². The van der Waals surface area contributed by atoms with Crippen LogP contribution in [0.15, 0.2) is 53.7 Å². The number of pyridine rings is 2. The monoisotopic (exact) mass is 360 g/mol. The summed E-state index contributed by atoms with van der Waals surface area (Å²) >= 11 is 0. The van der Waals surface area contributed by atoms with Crippen LogP contribution < -0.4 is 16.6 Å². The summed E-state index contributed by atoms with van der Waals surface area (Å²) < 4.78 is 0. The maximum Gasteiger partial charge on any atom is 0.259 e. The summed E-state index contributed by atoms with van der Waals surface area (Å²) in [4.78, 5) is 27.6. The van der Waals surface area contributed by atoms with Gasteiger partial charge in [-0.25, -0.2) is 15.0 Å². The zero-order valence-electron chi connectivity index (χ0n) is 14.4. The number of nitrogens with two attached hydrogens (primary N) is 1. The molecular weight excluding hydrogens is 344 g/mol. The molecule has 3 aromatic heterocycles. The second-order valence-corrected chi connectivity index (χ2v) is 6.08. The van der Waals surface area contributed by atoms with Crippen molar-refractivity contribution in [3.05, 3.63) is 64.8 Å². The van der Waals surface area contributed by atoms with Crippen molar-refractivity contribution < 1.29 is 5.11 Å². The molecule has 8 heteroatoms. The molecule has 8 nitrogen and oxygen atoms in total. The van der Waals surface area contributed by atoms with Crippen LogP contribution in [0, 0.1) is 6.92 Å². The number of nitrogen functional groups attached to an aromatic ring is 1. The van der Waals surface area contributed by atoms with Gasteiger partial charge in [-0.15, -0.1) is 0 Å². The van der Waals surface area contributed by atoms with E-state index in [0.29, 0.717) is 33.5 Å². The van der Waals surface area contributed by atoms with Gasteiger partial charge in [-0.3, -0.25) is 4.79 Å². The number of aromatic hydroxyl groups is 1. The first-order valence-electron chi connectivity index (χ1n) is 8.18. The van der Waals surface area contributed by atoms with Crippen molar-refractivity contribution in [2.45, 2.75) is 6.92 Å². The molecule has 4 rings (SSSR count). The topological polar surface area (TPSA) is 130 Å². The van der Waals surface area contributed by atoms with E-state index in [9.17, 15) is 9.90 Å². The number of anilines is 3. The number of aromatic amines is 1. The van der Waals surface area contributed by atoms with Crippen molar-refractivity contribution in [3.63, 3.8) is 0 Å². The quantitative estimate of drug-likeness (QED) is 0.442. The first-order valence-corrected chi connectivity index (χ1v) is 8.18. The largest absolute Gasteiger partial charge is 0.508 e. The van der Waals surface area contributed by atoms with E-state index in [4.69, 9.17) is 5.73 Å². The van der Waals surface area contributed by atoms with Gasteiger partial charge >= 0.3 is 0 Å². The molecule has 0 aliphatic heterocycles. The molecule has 0 atom stereocenters. The third-order valence-corrected chi connectivity index (χ3v) is 4.19. The molecule has 0 aliphatic rings.